The first-order valence-electron chi connectivity index (χ1n) is 10.2. The normalized spacial score (nSPS) is 16.3. The summed E-state index contributed by atoms with van der Waals surface area (Å²) < 4.78 is 0.955. The van der Waals surface area contributed by atoms with E-state index in [2.05, 4.69) is 26.5 Å². The molecule has 1 N–H and O–H groups in total. The largest absolute Gasteiger partial charge is 0.322 e. The summed E-state index contributed by atoms with van der Waals surface area (Å²) in [6.07, 6.45) is 0. The van der Waals surface area contributed by atoms with E-state index in [0.29, 0.717) is 23.6 Å². The fourth-order valence-corrected chi connectivity index (χ4v) is 5.04. The second-order valence-electron chi connectivity index (χ2n) is 7.44. The topological polar surface area (TPSA) is 61.8 Å². The molecule has 1 aliphatic rings. The van der Waals surface area contributed by atoms with Crippen LogP contribution in [-0.2, 0) is 11.3 Å². The first-order chi connectivity index (χ1) is 15.5. The first kappa shape index (κ1) is 22.3. The van der Waals surface area contributed by atoms with E-state index in [1.54, 1.807) is 23.9 Å². The number of hydrogen-bond acceptors (Lipinski definition) is 4. The number of rotatable bonds is 6. The standard InChI is InChI=1S/C25H22BrN3O2S/c1-17(21-8-5-9-22(26)14-21)27-28-24(31)19-10-12-20(13-11-19)25-29(23(30)16-32-25)15-18-6-3-2-4-7-18/h2-14,25H,15-16H2,1H3,(H,28,31)/b27-17-/t25-/m1/s1. The summed E-state index contributed by atoms with van der Waals surface area (Å²) in [5.41, 5.74) is 6.88. The quantitative estimate of drug-likeness (QED) is 0.360. The number of amides is 2. The van der Waals surface area contributed by atoms with Crippen molar-refractivity contribution < 1.29 is 9.59 Å². The molecule has 162 valence electrons. The van der Waals surface area contributed by atoms with Crippen molar-refractivity contribution in [1.82, 2.24) is 10.3 Å². The van der Waals surface area contributed by atoms with E-state index >= 15 is 0 Å². The van der Waals surface area contributed by atoms with Gasteiger partial charge < -0.3 is 4.90 Å². The lowest BCUT2D eigenvalue weighted by Crippen LogP contribution is -2.27. The third-order valence-electron chi connectivity index (χ3n) is 5.19. The van der Waals surface area contributed by atoms with Crippen LogP contribution in [0.15, 0.2) is 88.4 Å². The maximum absolute atomic E-state index is 12.5. The highest BCUT2D eigenvalue weighted by Gasteiger charge is 2.32. The zero-order valence-corrected chi connectivity index (χ0v) is 19.9. The molecular formula is C25H22BrN3O2S. The highest BCUT2D eigenvalue weighted by Crippen LogP contribution is 2.39. The van der Waals surface area contributed by atoms with Crippen molar-refractivity contribution in [3.63, 3.8) is 0 Å². The van der Waals surface area contributed by atoms with Crippen molar-refractivity contribution >= 4 is 45.2 Å². The van der Waals surface area contributed by atoms with Gasteiger partial charge in [0.1, 0.15) is 5.37 Å². The van der Waals surface area contributed by atoms with Gasteiger partial charge in [0.25, 0.3) is 5.91 Å². The molecule has 1 fully saturated rings. The van der Waals surface area contributed by atoms with E-state index in [0.717, 1.165) is 21.2 Å². The van der Waals surface area contributed by atoms with Crippen LogP contribution in [0.3, 0.4) is 0 Å². The molecule has 0 spiro atoms. The molecule has 32 heavy (non-hydrogen) atoms. The summed E-state index contributed by atoms with van der Waals surface area (Å²) in [6, 6.07) is 25.1. The molecule has 1 heterocycles. The second-order valence-corrected chi connectivity index (χ2v) is 9.43. The monoisotopic (exact) mass is 507 g/mol. The molecule has 0 radical (unpaired) electrons. The van der Waals surface area contributed by atoms with Crippen LogP contribution in [0.2, 0.25) is 0 Å². The van der Waals surface area contributed by atoms with E-state index in [1.807, 2.05) is 78.6 Å². The molecule has 1 atom stereocenters. The van der Waals surface area contributed by atoms with Gasteiger partial charge in [-0.05, 0) is 47.9 Å². The van der Waals surface area contributed by atoms with Gasteiger partial charge in [-0.2, -0.15) is 5.10 Å². The van der Waals surface area contributed by atoms with Gasteiger partial charge in [0.15, 0.2) is 0 Å². The highest BCUT2D eigenvalue weighted by atomic mass is 79.9. The second kappa shape index (κ2) is 10.1. The summed E-state index contributed by atoms with van der Waals surface area (Å²) in [5, 5.41) is 4.16. The van der Waals surface area contributed by atoms with Crippen molar-refractivity contribution in [3.05, 3.63) is 106 Å². The molecular weight excluding hydrogens is 486 g/mol. The Bertz CT molecular complexity index is 1150. The lowest BCUT2D eigenvalue weighted by molar-refractivity contribution is -0.128. The molecule has 0 aliphatic carbocycles. The summed E-state index contributed by atoms with van der Waals surface area (Å²) in [6.45, 7) is 2.42. The van der Waals surface area contributed by atoms with Gasteiger partial charge in [-0.3, -0.25) is 9.59 Å². The fourth-order valence-electron chi connectivity index (χ4n) is 3.46. The summed E-state index contributed by atoms with van der Waals surface area (Å²) in [4.78, 5) is 26.9. The summed E-state index contributed by atoms with van der Waals surface area (Å²) in [7, 11) is 0. The van der Waals surface area contributed by atoms with Crippen LogP contribution in [0.5, 0.6) is 0 Å². The number of benzene rings is 3. The molecule has 0 unspecified atom stereocenters. The highest BCUT2D eigenvalue weighted by molar-refractivity contribution is 9.10. The van der Waals surface area contributed by atoms with Crippen LogP contribution >= 0.6 is 27.7 Å². The van der Waals surface area contributed by atoms with Crippen LogP contribution in [-0.4, -0.2) is 28.2 Å². The average molecular weight is 508 g/mol. The van der Waals surface area contributed by atoms with Gasteiger partial charge in [-0.1, -0.05) is 70.5 Å². The van der Waals surface area contributed by atoms with Crippen molar-refractivity contribution in [3.8, 4) is 0 Å². The maximum Gasteiger partial charge on any atom is 0.271 e. The molecule has 4 rings (SSSR count). The van der Waals surface area contributed by atoms with Crippen LogP contribution in [0.25, 0.3) is 0 Å². The minimum Gasteiger partial charge on any atom is -0.322 e. The van der Waals surface area contributed by atoms with Crippen LogP contribution < -0.4 is 5.43 Å². The Hall–Kier alpha value is -2.90. The van der Waals surface area contributed by atoms with Crippen molar-refractivity contribution in [2.75, 3.05) is 5.75 Å². The molecule has 3 aromatic rings. The zero-order chi connectivity index (χ0) is 22.5. The number of carbonyl (C=O) groups excluding carboxylic acids is 2. The SMILES string of the molecule is C/C(=N/NC(=O)c1ccc([C@H]2SCC(=O)N2Cc2ccccc2)cc1)c1cccc(Br)c1. The Balaban J connectivity index is 1.43. The molecule has 0 aromatic heterocycles. The number of nitrogens with one attached hydrogen (secondary N) is 1. The number of halogens is 1. The number of thioether (sulfide) groups is 1. The Morgan fingerprint density at radius 3 is 2.53 bits per heavy atom. The lowest BCUT2D eigenvalue weighted by Gasteiger charge is -2.24. The molecule has 1 aliphatic heterocycles. The molecule has 0 saturated carbocycles. The van der Waals surface area contributed by atoms with Gasteiger partial charge in [-0.25, -0.2) is 5.43 Å². The minimum absolute atomic E-state index is 0.0587. The Labute approximate surface area is 200 Å². The average Bonchev–Trinajstić information content (AvgIpc) is 3.18. The van der Waals surface area contributed by atoms with Crippen molar-refractivity contribution in [2.24, 2.45) is 5.10 Å². The maximum atomic E-state index is 12.5. The van der Waals surface area contributed by atoms with Gasteiger partial charge in [-0.15, -0.1) is 11.8 Å². The number of hydrazone groups is 1. The lowest BCUT2D eigenvalue weighted by atomic mass is 10.1. The molecule has 7 heteroatoms. The van der Waals surface area contributed by atoms with Crippen LogP contribution in [0.1, 0.15) is 39.3 Å². The molecule has 1 saturated heterocycles. The van der Waals surface area contributed by atoms with E-state index in [-0.39, 0.29) is 17.2 Å². The molecule has 0 bridgehead atoms. The van der Waals surface area contributed by atoms with Crippen LogP contribution in [0, 0.1) is 0 Å². The zero-order valence-electron chi connectivity index (χ0n) is 17.5. The fraction of sp³-hybridized carbons (Fsp3) is 0.160. The Kier molecular flexibility index (Phi) is 7.07. The third-order valence-corrected chi connectivity index (χ3v) is 6.94. The molecule has 5 nitrogen and oxygen atoms in total. The molecule has 3 aromatic carbocycles. The van der Waals surface area contributed by atoms with E-state index in [9.17, 15) is 9.59 Å². The van der Waals surface area contributed by atoms with Crippen molar-refractivity contribution in [1.29, 1.82) is 0 Å². The number of hydrogen-bond donors (Lipinski definition) is 1. The van der Waals surface area contributed by atoms with E-state index in [1.165, 1.54) is 0 Å². The molecule has 2 amide bonds. The predicted molar refractivity (Wildman–Crippen MR) is 132 cm³/mol. The summed E-state index contributed by atoms with van der Waals surface area (Å²) >= 11 is 5.05. The predicted octanol–water partition coefficient (Wildman–Crippen LogP) is 5.38. The number of carbonyl (C=O) groups is 2. The summed E-state index contributed by atoms with van der Waals surface area (Å²) in [5.74, 6) is 0.314. The Morgan fingerprint density at radius 2 is 1.81 bits per heavy atom. The van der Waals surface area contributed by atoms with Gasteiger partial charge in [0.05, 0.1) is 11.5 Å². The van der Waals surface area contributed by atoms with Gasteiger partial charge in [0, 0.05) is 16.6 Å². The number of nitrogens with zero attached hydrogens (tertiary/aromatic N) is 2. The first-order valence-corrected chi connectivity index (χ1v) is 12.0. The third kappa shape index (κ3) is 5.29. The Morgan fingerprint density at radius 1 is 1.06 bits per heavy atom. The smallest absolute Gasteiger partial charge is 0.271 e. The van der Waals surface area contributed by atoms with E-state index in [4.69, 9.17) is 0 Å². The van der Waals surface area contributed by atoms with E-state index < -0.39 is 0 Å². The van der Waals surface area contributed by atoms with Gasteiger partial charge in [0.2, 0.25) is 5.91 Å². The van der Waals surface area contributed by atoms with Crippen LogP contribution in [0.4, 0.5) is 0 Å². The van der Waals surface area contributed by atoms with Crippen molar-refractivity contribution in [2.45, 2.75) is 18.8 Å². The minimum atomic E-state index is -0.276. The van der Waals surface area contributed by atoms with Gasteiger partial charge >= 0.3 is 0 Å².